The van der Waals surface area contributed by atoms with E-state index in [0.717, 1.165) is 37.0 Å². The van der Waals surface area contributed by atoms with Crippen molar-refractivity contribution in [3.63, 3.8) is 0 Å². The Balaban J connectivity index is 1.49. The highest BCUT2D eigenvalue weighted by Crippen LogP contribution is 2.46. The molecular formula is C23H34O2. The number of ether oxygens (including phenoxy) is 1. The van der Waals surface area contributed by atoms with E-state index < -0.39 is 0 Å². The molecule has 2 aliphatic rings. The predicted octanol–water partition coefficient (Wildman–Crippen LogP) is 6.18. The second kappa shape index (κ2) is 8.87. The SMILES string of the molecule is CCCCC1CCC2C[C@H](C(=O)Oc3ccc(CC)cc3)CC[C@@H]2C1. The second-order valence-corrected chi connectivity index (χ2v) is 8.27. The van der Waals surface area contributed by atoms with Crippen LogP contribution in [-0.4, -0.2) is 5.97 Å². The largest absolute Gasteiger partial charge is 0.426 e. The molecular weight excluding hydrogens is 308 g/mol. The molecule has 0 heterocycles. The molecule has 0 amide bonds. The summed E-state index contributed by atoms with van der Waals surface area (Å²) >= 11 is 0. The van der Waals surface area contributed by atoms with Crippen molar-refractivity contribution in [3.8, 4) is 5.75 Å². The summed E-state index contributed by atoms with van der Waals surface area (Å²) in [7, 11) is 0. The lowest BCUT2D eigenvalue weighted by Crippen LogP contribution is -2.35. The Morgan fingerprint density at radius 1 is 1.00 bits per heavy atom. The molecule has 0 radical (unpaired) electrons. The summed E-state index contributed by atoms with van der Waals surface area (Å²) in [6.45, 7) is 4.43. The molecule has 0 aromatic heterocycles. The summed E-state index contributed by atoms with van der Waals surface area (Å²) in [5, 5.41) is 0. The zero-order valence-corrected chi connectivity index (χ0v) is 16.0. The first kappa shape index (κ1) is 18.5. The summed E-state index contributed by atoms with van der Waals surface area (Å²) in [4.78, 5) is 12.6. The summed E-state index contributed by atoms with van der Waals surface area (Å²) in [6.07, 6.45) is 12.5. The highest BCUT2D eigenvalue weighted by molar-refractivity contribution is 5.75. The maximum Gasteiger partial charge on any atom is 0.314 e. The van der Waals surface area contributed by atoms with Crippen molar-refractivity contribution in [1.82, 2.24) is 0 Å². The molecule has 0 saturated heterocycles. The summed E-state index contributed by atoms with van der Waals surface area (Å²) in [5.74, 6) is 3.37. The molecule has 2 nitrogen and oxygen atoms in total. The molecule has 2 fully saturated rings. The zero-order chi connectivity index (χ0) is 17.6. The molecule has 0 aliphatic heterocycles. The van der Waals surface area contributed by atoms with Gasteiger partial charge in [-0.3, -0.25) is 4.79 Å². The van der Waals surface area contributed by atoms with E-state index in [2.05, 4.69) is 26.0 Å². The van der Waals surface area contributed by atoms with Gasteiger partial charge in [-0.1, -0.05) is 51.7 Å². The second-order valence-electron chi connectivity index (χ2n) is 8.27. The lowest BCUT2D eigenvalue weighted by Gasteiger charge is -2.41. The molecule has 2 unspecified atom stereocenters. The lowest BCUT2D eigenvalue weighted by atomic mass is 9.64. The predicted molar refractivity (Wildman–Crippen MR) is 103 cm³/mol. The van der Waals surface area contributed by atoms with Crippen LogP contribution in [0.2, 0.25) is 0 Å². The first-order valence-corrected chi connectivity index (χ1v) is 10.5. The fourth-order valence-corrected chi connectivity index (χ4v) is 4.95. The summed E-state index contributed by atoms with van der Waals surface area (Å²) in [5.41, 5.74) is 1.28. The maximum absolute atomic E-state index is 12.6. The Labute approximate surface area is 153 Å². The normalized spacial score (nSPS) is 29.0. The van der Waals surface area contributed by atoms with Crippen molar-refractivity contribution in [2.45, 2.75) is 78.1 Å². The first-order valence-electron chi connectivity index (χ1n) is 10.5. The van der Waals surface area contributed by atoms with Gasteiger partial charge in [0.2, 0.25) is 0 Å². The van der Waals surface area contributed by atoms with Crippen LogP contribution < -0.4 is 4.74 Å². The van der Waals surface area contributed by atoms with Crippen molar-refractivity contribution >= 4 is 5.97 Å². The number of carbonyl (C=O) groups excluding carboxylic acids is 1. The van der Waals surface area contributed by atoms with Gasteiger partial charge in [0.1, 0.15) is 5.75 Å². The Kier molecular flexibility index (Phi) is 6.56. The Morgan fingerprint density at radius 3 is 2.44 bits per heavy atom. The van der Waals surface area contributed by atoms with E-state index in [-0.39, 0.29) is 11.9 Å². The zero-order valence-electron chi connectivity index (χ0n) is 16.0. The van der Waals surface area contributed by atoms with Crippen molar-refractivity contribution in [2.75, 3.05) is 0 Å². The van der Waals surface area contributed by atoms with E-state index in [4.69, 9.17) is 4.74 Å². The highest BCUT2D eigenvalue weighted by atomic mass is 16.5. The van der Waals surface area contributed by atoms with E-state index in [1.165, 1.54) is 50.5 Å². The third-order valence-corrected chi connectivity index (χ3v) is 6.57. The number of unbranched alkanes of at least 4 members (excludes halogenated alkanes) is 1. The Hall–Kier alpha value is -1.31. The van der Waals surface area contributed by atoms with Crippen molar-refractivity contribution < 1.29 is 9.53 Å². The molecule has 0 bridgehead atoms. The van der Waals surface area contributed by atoms with Crippen LogP contribution in [0.15, 0.2) is 24.3 Å². The Morgan fingerprint density at radius 2 is 1.72 bits per heavy atom. The van der Waals surface area contributed by atoms with Gasteiger partial charge in [0.05, 0.1) is 5.92 Å². The fourth-order valence-electron chi connectivity index (χ4n) is 4.95. The van der Waals surface area contributed by atoms with Crippen LogP contribution in [0.25, 0.3) is 0 Å². The average molecular weight is 343 g/mol. The van der Waals surface area contributed by atoms with Gasteiger partial charge in [-0.15, -0.1) is 0 Å². The number of fused-ring (bicyclic) bond motifs is 1. The van der Waals surface area contributed by atoms with E-state index in [1.54, 1.807) is 0 Å². The van der Waals surface area contributed by atoms with E-state index >= 15 is 0 Å². The lowest BCUT2D eigenvalue weighted by molar-refractivity contribution is -0.141. The molecule has 2 heteroatoms. The Bertz CT molecular complexity index is 548. The topological polar surface area (TPSA) is 26.3 Å². The fraction of sp³-hybridized carbons (Fsp3) is 0.696. The minimum Gasteiger partial charge on any atom is -0.426 e. The van der Waals surface area contributed by atoms with Crippen LogP contribution in [-0.2, 0) is 11.2 Å². The monoisotopic (exact) mass is 342 g/mol. The van der Waals surface area contributed by atoms with Crippen LogP contribution in [0, 0.1) is 23.7 Å². The molecule has 4 atom stereocenters. The van der Waals surface area contributed by atoms with Gasteiger partial charge >= 0.3 is 5.97 Å². The highest BCUT2D eigenvalue weighted by Gasteiger charge is 2.38. The molecule has 3 rings (SSSR count). The van der Waals surface area contributed by atoms with Crippen molar-refractivity contribution in [1.29, 1.82) is 0 Å². The molecule has 2 saturated carbocycles. The van der Waals surface area contributed by atoms with Gasteiger partial charge in [0.25, 0.3) is 0 Å². The third-order valence-electron chi connectivity index (χ3n) is 6.57. The van der Waals surface area contributed by atoms with Crippen LogP contribution in [0.4, 0.5) is 0 Å². The number of hydrogen-bond acceptors (Lipinski definition) is 2. The first-order chi connectivity index (χ1) is 12.2. The van der Waals surface area contributed by atoms with Gasteiger partial charge in [0.15, 0.2) is 0 Å². The molecule has 2 aliphatic carbocycles. The smallest absolute Gasteiger partial charge is 0.314 e. The summed E-state index contributed by atoms with van der Waals surface area (Å²) in [6, 6.07) is 7.97. The third kappa shape index (κ3) is 4.86. The molecule has 1 aromatic rings. The van der Waals surface area contributed by atoms with Gasteiger partial charge in [0, 0.05) is 0 Å². The van der Waals surface area contributed by atoms with Crippen LogP contribution in [0.1, 0.15) is 77.2 Å². The van der Waals surface area contributed by atoms with E-state index in [0.29, 0.717) is 5.75 Å². The van der Waals surface area contributed by atoms with Crippen LogP contribution >= 0.6 is 0 Å². The number of carbonyl (C=O) groups is 1. The molecule has 1 aromatic carbocycles. The molecule has 0 N–H and O–H groups in total. The average Bonchev–Trinajstić information content (AvgIpc) is 2.66. The number of rotatable bonds is 6. The molecule has 0 spiro atoms. The van der Waals surface area contributed by atoms with Gasteiger partial charge in [-0.25, -0.2) is 0 Å². The van der Waals surface area contributed by atoms with Gasteiger partial charge < -0.3 is 4.74 Å². The number of aryl methyl sites for hydroxylation is 1. The number of hydrogen-bond donors (Lipinski definition) is 0. The van der Waals surface area contributed by atoms with Crippen LogP contribution in [0.5, 0.6) is 5.75 Å². The maximum atomic E-state index is 12.6. The van der Waals surface area contributed by atoms with Gasteiger partial charge in [-0.2, -0.15) is 0 Å². The standard InChI is InChI=1S/C23H34O2/c1-3-5-6-18-7-10-20-16-21(12-11-19(20)15-18)23(24)25-22-13-8-17(4-2)9-14-22/h8-9,13-14,18-21H,3-7,10-12,15-16H2,1-2H3/t18?,19-,20?,21-/m1/s1. The number of esters is 1. The van der Waals surface area contributed by atoms with Crippen LogP contribution in [0.3, 0.4) is 0 Å². The quantitative estimate of drug-likeness (QED) is 0.456. The van der Waals surface area contributed by atoms with E-state index in [1.807, 2.05) is 12.1 Å². The van der Waals surface area contributed by atoms with Gasteiger partial charge in [-0.05, 0) is 74.0 Å². The van der Waals surface area contributed by atoms with E-state index in [9.17, 15) is 4.79 Å². The minimum atomic E-state index is -0.00388. The van der Waals surface area contributed by atoms with Crippen molar-refractivity contribution in [3.05, 3.63) is 29.8 Å². The minimum absolute atomic E-state index is 0.00388. The molecule has 25 heavy (non-hydrogen) atoms. The number of benzene rings is 1. The molecule has 138 valence electrons. The van der Waals surface area contributed by atoms with Crippen molar-refractivity contribution in [2.24, 2.45) is 23.7 Å². The summed E-state index contributed by atoms with van der Waals surface area (Å²) < 4.78 is 5.67.